The Bertz CT molecular complexity index is 978. The molecule has 0 aromatic heterocycles. The molecular weight excluding hydrogens is 379 g/mol. The smallest absolute Gasteiger partial charge is 0.255 e. The first-order valence-corrected chi connectivity index (χ1v) is 8.99. The third-order valence-electron chi connectivity index (χ3n) is 3.68. The van der Waals surface area contributed by atoms with E-state index in [1.165, 1.54) is 0 Å². The molecule has 3 aromatic rings. The summed E-state index contributed by atoms with van der Waals surface area (Å²) in [7, 11) is 0. The van der Waals surface area contributed by atoms with Crippen LogP contribution in [-0.2, 0) is 0 Å². The number of amides is 1. The molecule has 0 fully saturated rings. The highest BCUT2D eigenvalue weighted by atomic mass is 35.5. The fraction of sp³-hybridized carbons (Fsp3) is 0. The van der Waals surface area contributed by atoms with Crippen LogP contribution in [-0.4, -0.2) is 12.1 Å². The number of hydrogen-bond donors (Lipinski definition) is 1. The van der Waals surface area contributed by atoms with E-state index in [-0.39, 0.29) is 5.91 Å². The number of allylic oxidation sites excluding steroid dienone is 1. The number of nitrogens with one attached hydrogen (secondary N) is 1. The van der Waals surface area contributed by atoms with Crippen LogP contribution in [0.1, 0.15) is 15.9 Å². The molecule has 0 spiro atoms. The minimum atomic E-state index is -0.209. The van der Waals surface area contributed by atoms with Crippen molar-refractivity contribution in [3.05, 3.63) is 100 Å². The van der Waals surface area contributed by atoms with E-state index in [4.69, 9.17) is 23.2 Å². The lowest BCUT2D eigenvalue weighted by molar-refractivity contribution is 0.102. The summed E-state index contributed by atoms with van der Waals surface area (Å²) >= 11 is 11.8. The van der Waals surface area contributed by atoms with Gasteiger partial charge >= 0.3 is 0 Å². The molecule has 0 radical (unpaired) electrons. The Labute approximate surface area is 168 Å². The molecule has 27 heavy (non-hydrogen) atoms. The van der Waals surface area contributed by atoms with Crippen molar-refractivity contribution in [2.45, 2.75) is 0 Å². The molecule has 0 atom stereocenters. The van der Waals surface area contributed by atoms with Crippen LogP contribution in [0.2, 0.25) is 10.0 Å². The summed E-state index contributed by atoms with van der Waals surface area (Å²) in [4.78, 5) is 16.6. The second-order valence-corrected chi connectivity index (χ2v) is 6.57. The number of aliphatic imine (C=N–C) groups is 1. The maximum atomic E-state index is 12.2. The summed E-state index contributed by atoms with van der Waals surface area (Å²) < 4.78 is 0. The number of benzene rings is 3. The third kappa shape index (κ3) is 5.81. The van der Waals surface area contributed by atoms with Crippen molar-refractivity contribution < 1.29 is 4.79 Å². The maximum absolute atomic E-state index is 12.2. The van der Waals surface area contributed by atoms with Crippen LogP contribution in [0.15, 0.2) is 83.9 Å². The fourth-order valence-corrected chi connectivity index (χ4v) is 2.64. The molecule has 0 unspecified atom stereocenters. The number of halogens is 2. The second kappa shape index (κ2) is 9.17. The van der Waals surface area contributed by atoms with Gasteiger partial charge in [-0.25, -0.2) is 0 Å². The zero-order valence-electron chi connectivity index (χ0n) is 14.3. The molecular formula is C22H16Cl2N2O. The Morgan fingerprint density at radius 2 is 1.63 bits per heavy atom. The van der Waals surface area contributed by atoms with Gasteiger partial charge in [-0.2, -0.15) is 0 Å². The second-order valence-electron chi connectivity index (χ2n) is 5.70. The highest BCUT2D eigenvalue weighted by Crippen LogP contribution is 2.18. The van der Waals surface area contributed by atoms with Gasteiger partial charge in [-0.05, 0) is 66.2 Å². The molecule has 0 saturated heterocycles. The molecule has 0 aliphatic rings. The van der Waals surface area contributed by atoms with Crippen LogP contribution in [0.3, 0.4) is 0 Å². The van der Waals surface area contributed by atoms with Crippen LogP contribution in [0, 0.1) is 0 Å². The van der Waals surface area contributed by atoms with Gasteiger partial charge in [-0.3, -0.25) is 9.79 Å². The van der Waals surface area contributed by atoms with E-state index in [2.05, 4.69) is 10.3 Å². The van der Waals surface area contributed by atoms with Gasteiger partial charge in [0.15, 0.2) is 0 Å². The lowest BCUT2D eigenvalue weighted by atomic mass is 10.2. The number of rotatable bonds is 5. The Balaban J connectivity index is 1.58. The number of hydrogen-bond acceptors (Lipinski definition) is 2. The van der Waals surface area contributed by atoms with Gasteiger partial charge in [-0.15, -0.1) is 0 Å². The van der Waals surface area contributed by atoms with Crippen molar-refractivity contribution in [1.82, 2.24) is 0 Å². The number of carbonyl (C=O) groups excluding carboxylic acids is 1. The molecule has 3 nitrogen and oxygen atoms in total. The third-order valence-corrected chi connectivity index (χ3v) is 4.17. The van der Waals surface area contributed by atoms with Gasteiger partial charge in [0.25, 0.3) is 5.91 Å². The lowest BCUT2D eigenvalue weighted by Crippen LogP contribution is -2.11. The molecule has 0 heterocycles. The number of carbonyl (C=O) groups is 1. The molecule has 1 N–H and O–H groups in total. The first kappa shape index (κ1) is 18.9. The Morgan fingerprint density at radius 3 is 2.33 bits per heavy atom. The van der Waals surface area contributed by atoms with E-state index in [9.17, 15) is 4.79 Å². The zero-order valence-corrected chi connectivity index (χ0v) is 15.8. The first-order valence-electron chi connectivity index (χ1n) is 8.23. The van der Waals surface area contributed by atoms with Gasteiger partial charge in [-0.1, -0.05) is 47.5 Å². The van der Waals surface area contributed by atoms with E-state index in [0.717, 1.165) is 11.3 Å². The predicted octanol–water partition coefficient (Wildman–Crippen LogP) is 6.66. The van der Waals surface area contributed by atoms with Crippen molar-refractivity contribution >= 4 is 52.8 Å². The van der Waals surface area contributed by atoms with Gasteiger partial charge in [0.05, 0.1) is 5.69 Å². The predicted molar refractivity (Wildman–Crippen MR) is 114 cm³/mol. The van der Waals surface area contributed by atoms with E-state index >= 15 is 0 Å². The molecule has 134 valence electrons. The summed E-state index contributed by atoms with van der Waals surface area (Å²) in [6, 6.07) is 21.6. The summed E-state index contributed by atoms with van der Waals surface area (Å²) in [6.07, 6.45) is 5.52. The SMILES string of the molecule is O=C(Nc1ccc(N=C/C=C\c2ccc(Cl)cc2)cc1)c1cccc(Cl)c1. The van der Waals surface area contributed by atoms with Crippen LogP contribution in [0.5, 0.6) is 0 Å². The minimum Gasteiger partial charge on any atom is -0.322 e. The van der Waals surface area contributed by atoms with Gasteiger partial charge in [0.2, 0.25) is 0 Å². The normalized spacial score (nSPS) is 11.2. The van der Waals surface area contributed by atoms with E-state index in [1.807, 2.05) is 48.6 Å². The molecule has 0 bridgehead atoms. The molecule has 3 aromatic carbocycles. The van der Waals surface area contributed by atoms with Crippen molar-refractivity contribution in [3.8, 4) is 0 Å². The van der Waals surface area contributed by atoms with Crippen molar-refractivity contribution in [2.24, 2.45) is 4.99 Å². The lowest BCUT2D eigenvalue weighted by Gasteiger charge is -2.05. The summed E-state index contributed by atoms with van der Waals surface area (Å²) in [5, 5.41) is 4.07. The molecule has 5 heteroatoms. The number of nitrogens with zero attached hydrogens (tertiary/aromatic N) is 1. The van der Waals surface area contributed by atoms with Gasteiger partial charge in [0.1, 0.15) is 0 Å². The first-order chi connectivity index (χ1) is 13.1. The van der Waals surface area contributed by atoms with Gasteiger partial charge in [0, 0.05) is 27.5 Å². The topological polar surface area (TPSA) is 41.5 Å². The Kier molecular flexibility index (Phi) is 6.42. The maximum Gasteiger partial charge on any atom is 0.255 e. The summed E-state index contributed by atoms with van der Waals surface area (Å²) in [5.74, 6) is -0.209. The van der Waals surface area contributed by atoms with E-state index in [1.54, 1.807) is 42.6 Å². The van der Waals surface area contributed by atoms with Crippen LogP contribution in [0.25, 0.3) is 6.08 Å². The van der Waals surface area contributed by atoms with Crippen LogP contribution < -0.4 is 5.32 Å². The van der Waals surface area contributed by atoms with Crippen LogP contribution >= 0.6 is 23.2 Å². The molecule has 1 amide bonds. The van der Waals surface area contributed by atoms with Crippen molar-refractivity contribution in [3.63, 3.8) is 0 Å². The average Bonchev–Trinajstić information content (AvgIpc) is 2.68. The molecule has 0 aliphatic heterocycles. The Hall–Kier alpha value is -2.88. The Morgan fingerprint density at radius 1 is 0.889 bits per heavy atom. The molecule has 3 rings (SSSR count). The molecule has 0 saturated carbocycles. The number of anilines is 1. The van der Waals surface area contributed by atoms with Crippen molar-refractivity contribution in [2.75, 3.05) is 5.32 Å². The van der Waals surface area contributed by atoms with Crippen LogP contribution in [0.4, 0.5) is 11.4 Å². The highest BCUT2D eigenvalue weighted by molar-refractivity contribution is 6.31. The molecule has 0 aliphatic carbocycles. The van der Waals surface area contributed by atoms with E-state index < -0.39 is 0 Å². The average molecular weight is 395 g/mol. The quantitative estimate of drug-likeness (QED) is 0.482. The summed E-state index contributed by atoms with van der Waals surface area (Å²) in [6.45, 7) is 0. The highest BCUT2D eigenvalue weighted by Gasteiger charge is 2.06. The zero-order chi connectivity index (χ0) is 19.1. The van der Waals surface area contributed by atoms with Gasteiger partial charge < -0.3 is 5.32 Å². The minimum absolute atomic E-state index is 0.209. The van der Waals surface area contributed by atoms with Crippen molar-refractivity contribution in [1.29, 1.82) is 0 Å². The fourth-order valence-electron chi connectivity index (χ4n) is 2.32. The largest absolute Gasteiger partial charge is 0.322 e. The standard InChI is InChI=1S/C22H16Cl2N2O/c23-18-8-6-16(7-9-18)3-2-14-25-20-10-12-21(13-11-20)26-22(27)17-4-1-5-19(24)15-17/h1-15H,(H,26,27)/b3-2-,25-14?. The monoisotopic (exact) mass is 394 g/mol. The summed E-state index contributed by atoms with van der Waals surface area (Å²) in [5.41, 5.74) is 3.04. The van der Waals surface area contributed by atoms with E-state index in [0.29, 0.717) is 21.3 Å².